The standard InChI is InChI=1S/C17H25N3O3/c1-14(15-7-4-3-5-8-15)18-17(22)20-10-6-9-19(11-12-20)16(21)13-23-2/h3-5,7-8,14H,6,9-13H2,1-2H3,(H,18,22)/t14-/m0/s1. The number of benzene rings is 1. The van der Waals surface area contributed by atoms with Gasteiger partial charge in [0.15, 0.2) is 0 Å². The third kappa shape index (κ3) is 4.96. The Morgan fingerprint density at radius 3 is 2.48 bits per heavy atom. The number of hydrogen-bond acceptors (Lipinski definition) is 3. The molecule has 1 aromatic rings. The molecule has 6 heteroatoms. The number of ether oxygens (including phenoxy) is 1. The van der Waals surface area contributed by atoms with Crippen molar-refractivity contribution in [3.05, 3.63) is 35.9 Å². The maximum atomic E-state index is 12.4. The lowest BCUT2D eigenvalue weighted by molar-refractivity contribution is -0.135. The summed E-state index contributed by atoms with van der Waals surface area (Å²) >= 11 is 0. The first-order chi connectivity index (χ1) is 11.1. The highest BCUT2D eigenvalue weighted by atomic mass is 16.5. The topological polar surface area (TPSA) is 61.9 Å². The number of carbonyl (C=O) groups is 2. The minimum Gasteiger partial charge on any atom is -0.375 e. The zero-order valence-electron chi connectivity index (χ0n) is 13.8. The van der Waals surface area contributed by atoms with E-state index in [-0.39, 0.29) is 24.6 Å². The Morgan fingerprint density at radius 1 is 1.13 bits per heavy atom. The van der Waals surface area contributed by atoms with Crippen molar-refractivity contribution < 1.29 is 14.3 Å². The highest BCUT2D eigenvalue weighted by Crippen LogP contribution is 2.12. The van der Waals surface area contributed by atoms with Gasteiger partial charge in [0, 0.05) is 33.3 Å². The molecule has 126 valence electrons. The van der Waals surface area contributed by atoms with Gasteiger partial charge in [-0.1, -0.05) is 30.3 Å². The van der Waals surface area contributed by atoms with E-state index in [0.717, 1.165) is 12.0 Å². The molecule has 1 saturated heterocycles. The van der Waals surface area contributed by atoms with Gasteiger partial charge in [0.25, 0.3) is 0 Å². The Kier molecular flexibility index (Phi) is 6.40. The van der Waals surface area contributed by atoms with E-state index in [1.807, 2.05) is 37.3 Å². The molecule has 3 amide bonds. The summed E-state index contributed by atoms with van der Waals surface area (Å²) in [6, 6.07) is 9.75. The quantitative estimate of drug-likeness (QED) is 0.918. The molecule has 2 rings (SSSR count). The van der Waals surface area contributed by atoms with Gasteiger partial charge in [-0.25, -0.2) is 4.79 Å². The molecule has 1 heterocycles. The zero-order valence-corrected chi connectivity index (χ0v) is 13.8. The molecule has 0 saturated carbocycles. The summed E-state index contributed by atoms with van der Waals surface area (Å²) in [5.41, 5.74) is 1.08. The Balaban J connectivity index is 1.87. The lowest BCUT2D eigenvalue weighted by Crippen LogP contribution is -2.43. The second-order valence-electron chi connectivity index (χ2n) is 5.74. The number of amides is 3. The molecule has 6 nitrogen and oxygen atoms in total. The van der Waals surface area contributed by atoms with Crippen LogP contribution in [0, 0.1) is 0 Å². The summed E-state index contributed by atoms with van der Waals surface area (Å²) in [4.78, 5) is 27.8. The predicted molar refractivity (Wildman–Crippen MR) is 88.0 cm³/mol. The lowest BCUT2D eigenvalue weighted by atomic mass is 10.1. The number of methoxy groups -OCH3 is 1. The van der Waals surface area contributed by atoms with E-state index in [0.29, 0.717) is 26.2 Å². The van der Waals surface area contributed by atoms with Gasteiger partial charge in [-0.05, 0) is 18.9 Å². The Morgan fingerprint density at radius 2 is 1.78 bits per heavy atom. The summed E-state index contributed by atoms with van der Waals surface area (Å²) in [5.74, 6) is -0.0209. The molecule has 1 aliphatic rings. The maximum absolute atomic E-state index is 12.4. The Labute approximate surface area is 137 Å². The van der Waals surface area contributed by atoms with Crippen LogP contribution in [0.2, 0.25) is 0 Å². The molecule has 0 aromatic heterocycles. The van der Waals surface area contributed by atoms with Gasteiger partial charge in [0.2, 0.25) is 5.91 Å². The van der Waals surface area contributed by atoms with Crippen LogP contribution in [0.3, 0.4) is 0 Å². The van der Waals surface area contributed by atoms with Crippen LogP contribution in [0.15, 0.2) is 30.3 Å². The smallest absolute Gasteiger partial charge is 0.317 e. The minimum atomic E-state index is -0.0811. The van der Waals surface area contributed by atoms with Crippen molar-refractivity contribution in [2.45, 2.75) is 19.4 Å². The SMILES string of the molecule is COCC(=O)N1CCCN(C(=O)N[C@@H](C)c2ccccc2)CC1. The summed E-state index contributed by atoms with van der Waals surface area (Å²) < 4.78 is 4.89. The highest BCUT2D eigenvalue weighted by Gasteiger charge is 2.22. The molecule has 1 aliphatic heterocycles. The third-order valence-corrected chi connectivity index (χ3v) is 4.04. The van der Waals surface area contributed by atoms with Crippen molar-refractivity contribution in [1.82, 2.24) is 15.1 Å². The van der Waals surface area contributed by atoms with E-state index < -0.39 is 0 Å². The van der Waals surface area contributed by atoms with E-state index in [2.05, 4.69) is 5.32 Å². The number of urea groups is 1. The summed E-state index contributed by atoms with van der Waals surface area (Å²) in [5, 5.41) is 3.02. The van der Waals surface area contributed by atoms with Gasteiger partial charge in [-0.3, -0.25) is 4.79 Å². The molecule has 1 fully saturated rings. The zero-order chi connectivity index (χ0) is 16.7. The highest BCUT2D eigenvalue weighted by molar-refractivity contribution is 5.78. The second kappa shape index (κ2) is 8.53. The number of carbonyl (C=O) groups excluding carboxylic acids is 2. The number of nitrogens with zero attached hydrogens (tertiary/aromatic N) is 2. The van der Waals surface area contributed by atoms with Crippen LogP contribution in [-0.4, -0.2) is 61.6 Å². The van der Waals surface area contributed by atoms with Crippen molar-refractivity contribution in [2.75, 3.05) is 39.9 Å². The van der Waals surface area contributed by atoms with Crippen LogP contribution < -0.4 is 5.32 Å². The van der Waals surface area contributed by atoms with E-state index in [1.54, 1.807) is 9.80 Å². The van der Waals surface area contributed by atoms with Crippen molar-refractivity contribution in [3.8, 4) is 0 Å². The van der Waals surface area contributed by atoms with Gasteiger partial charge in [0.1, 0.15) is 6.61 Å². The van der Waals surface area contributed by atoms with E-state index >= 15 is 0 Å². The fourth-order valence-electron chi connectivity index (χ4n) is 2.69. The Hall–Kier alpha value is -2.08. The van der Waals surface area contributed by atoms with Gasteiger partial charge in [-0.15, -0.1) is 0 Å². The van der Waals surface area contributed by atoms with Gasteiger partial charge in [0.05, 0.1) is 6.04 Å². The molecule has 0 bridgehead atoms. The van der Waals surface area contributed by atoms with Crippen molar-refractivity contribution in [2.24, 2.45) is 0 Å². The number of nitrogens with one attached hydrogen (secondary N) is 1. The van der Waals surface area contributed by atoms with Crippen molar-refractivity contribution >= 4 is 11.9 Å². The van der Waals surface area contributed by atoms with E-state index in [4.69, 9.17) is 4.74 Å². The van der Waals surface area contributed by atoms with Crippen LogP contribution >= 0.6 is 0 Å². The molecule has 0 aliphatic carbocycles. The van der Waals surface area contributed by atoms with Gasteiger partial charge < -0.3 is 19.9 Å². The second-order valence-corrected chi connectivity index (χ2v) is 5.74. The van der Waals surface area contributed by atoms with Crippen LogP contribution in [0.4, 0.5) is 4.79 Å². The van der Waals surface area contributed by atoms with Gasteiger partial charge in [-0.2, -0.15) is 0 Å². The van der Waals surface area contributed by atoms with Crippen LogP contribution in [-0.2, 0) is 9.53 Å². The van der Waals surface area contributed by atoms with E-state index in [9.17, 15) is 9.59 Å². The van der Waals surface area contributed by atoms with E-state index in [1.165, 1.54) is 7.11 Å². The summed E-state index contributed by atoms with van der Waals surface area (Å²) in [7, 11) is 1.51. The molecule has 1 aromatic carbocycles. The average molecular weight is 319 g/mol. The van der Waals surface area contributed by atoms with Crippen LogP contribution in [0.1, 0.15) is 24.9 Å². The summed E-state index contributed by atoms with van der Waals surface area (Å²) in [6.45, 7) is 4.49. The number of rotatable bonds is 4. The average Bonchev–Trinajstić information content (AvgIpc) is 2.82. The molecule has 0 unspecified atom stereocenters. The summed E-state index contributed by atoms with van der Waals surface area (Å²) in [6.07, 6.45) is 0.780. The van der Waals surface area contributed by atoms with Crippen molar-refractivity contribution in [1.29, 1.82) is 0 Å². The molecular formula is C17H25N3O3. The normalized spacial score (nSPS) is 16.6. The molecular weight excluding hydrogens is 294 g/mol. The molecule has 0 radical (unpaired) electrons. The largest absolute Gasteiger partial charge is 0.375 e. The fourth-order valence-corrected chi connectivity index (χ4v) is 2.69. The third-order valence-electron chi connectivity index (χ3n) is 4.04. The maximum Gasteiger partial charge on any atom is 0.317 e. The first-order valence-corrected chi connectivity index (χ1v) is 7.99. The molecule has 1 N–H and O–H groups in total. The molecule has 23 heavy (non-hydrogen) atoms. The fraction of sp³-hybridized carbons (Fsp3) is 0.529. The predicted octanol–water partition coefficient (Wildman–Crippen LogP) is 1.64. The molecule has 0 spiro atoms. The Bertz CT molecular complexity index is 521. The molecule has 1 atom stereocenters. The minimum absolute atomic E-state index is 0.0209. The first kappa shape index (κ1) is 17.3. The monoisotopic (exact) mass is 319 g/mol. The van der Waals surface area contributed by atoms with Gasteiger partial charge >= 0.3 is 6.03 Å². The van der Waals surface area contributed by atoms with Crippen LogP contribution in [0.25, 0.3) is 0 Å². The van der Waals surface area contributed by atoms with Crippen LogP contribution in [0.5, 0.6) is 0 Å². The number of hydrogen-bond donors (Lipinski definition) is 1. The first-order valence-electron chi connectivity index (χ1n) is 7.99. The lowest BCUT2D eigenvalue weighted by Gasteiger charge is -2.24. The van der Waals surface area contributed by atoms with Crippen molar-refractivity contribution in [3.63, 3.8) is 0 Å².